The molecule has 0 unspecified atom stereocenters. The maximum atomic E-state index is 5.57. The molecule has 0 aliphatic carbocycles. The molecule has 4 heteroatoms. The Morgan fingerprint density at radius 1 is 1.67 bits per heavy atom. The van der Waals surface area contributed by atoms with E-state index in [2.05, 4.69) is 27.0 Å². The molecule has 42 valence electrons. The maximum Gasteiger partial charge on any atom is 1.00 e. The monoisotopic (exact) mass is 213 g/mol. The largest absolute Gasteiger partial charge is 1.00 e. The summed E-state index contributed by atoms with van der Waals surface area (Å²) in [5.41, 5.74) is 0. The van der Waals surface area contributed by atoms with Gasteiger partial charge in [-0.25, -0.2) is 23.7 Å². The van der Waals surface area contributed by atoms with Gasteiger partial charge in [-0.15, -0.1) is 0 Å². The van der Waals surface area contributed by atoms with E-state index in [1.54, 1.807) is 12.3 Å². The van der Waals surface area contributed by atoms with Gasteiger partial charge < -0.3 is 0 Å². The van der Waals surface area contributed by atoms with Crippen molar-refractivity contribution < 1.29 is 29.6 Å². The van der Waals surface area contributed by atoms with Gasteiger partial charge in [-0.05, 0) is 15.9 Å². The quantitative estimate of drug-likeness (QED) is 0.316. The van der Waals surface area contributed by atoms with Crippen LogP contribution >= 0.6 is 27.5 Å². The normalized spacial score (nSPS) is 8.22. The van der Waals surface area contributed by atoms with E-state index >= 15 is 0 Å². The molecule has 0 aliphatic rings. The zero-order valence-corrected chi connectivity index (χ0v) is 9.20. The molecule has 1 rings (SSSR count). The smallest absolute Gasteiger partial charge is 0.288 e. The topological polar surface area (TPSA) is 12.9 Å². The van der Waals surface area contributed by atoms with Gasteiger partial charge in [0.05, 0.1) is 0 Å². The van der Waals surface area contributed by atoms with Gasteiger partial charge >= 0.3 is 29.6 Å². The van der Waals surface area contributed by atoms with Crippen LogP contribution in [0.2, 0.25) is 5.02 Å². The van der Waals surface area contributed by atoms with Gasteiger partial charge in [0, 0.05) is 4.60 Å². The van der Waals surface area contributed by atoms with Crippen LogP contribution in [0.5, 0.6) is 0 Å². The Labute approximate surface area is 89.2 Å². The minimum Gasteiger partial charge on any atom is -0.288 e. The summed E-state index contributed by atoms with van der Waals surface area (Å²) in [6.07, 6.45) is 1.55. The van der Waals surface area contributed by atoms with Crippen molar-refractivity contribution in [3.8, 4) is 0 Å². The SMILES string of the molecule is Clc1c[c-]cnc1Br.[Na+]. The van der Waals surface area contributed by atoms with E-state index in [-0.39, 0.29) is 29.6 Å². The summed E-state index contributed by atoms with van der Waals surface area (Å²) in [5.74, 6) is 0. The number of hydrogen-bond donors (Lipinski definition) is 0. The van der Waals surface area contributed by atoms with Gasteiger partial charge in [-0.2, -0.15) is 0 Å². The Morgan fingerprint density at radius 3 is 2.67 bits per heavy atom. The van der Waals surface area contributed by atoms with E-state index in [0.29, 0.717) is 9.63 Å². The summed E-state index contributed by atoms with van der Waals surface area (Å²) >= 11 is 8.70. The van der Waals surface area contributed by atoms with E-state index in [4.69, 9.17) is 11.6 Å². The van der Waals surface area contributed by atoms with Crippen LogP contribution in [0.3, 0.4) is 0 Å². The molecule has 0 spiro atoms. The summed E-state index contributed by atoms with van der Waals surface area (Å²) < 4.78 is 0.665. The summed E-state index contributed by atoms with van der Waals surface area (Å²) in [6, 6.07) is 4.38. The average molecular weight is 214 g/mol. The van der Waals surface area contributed by atoms with Crippen LogP contribution in [0.15, 0.2) is 16.9 Å². The van der Waals surface area contributed by atoms with Crippen molar-refractivity contribution in [2.75, 3.05) is 0 Å². The number of aromatic nitrogens is 1. The van der Waals surface area contributed by atoms with Gasteiger partial charge in [0.15, 0.2) is 0 Å². The fraction of sp³-hybridized carbons (Fsp3) is 0. The third kappa shape index (κ3) is 3.01. The second-order valence-electron chi connectivity index (χ2n) is 1.21. The molecule has 0 amide bonds. The number of rotatable bonds is 0. The van der Waals surface area contributed by atoms with Crippen LogP contribution in [0, 0.1) is 6.07 Å². The maximum absolute atomic E-state index is 5.57. The third-order valence-corrected chi connectivity index (χ3v) is 1.81. The van der Waals surface area contributed by atoms with Crippen molar-refractivity contribution in [1.82, 2.24) is 4.98 Å². The summed E-state index contributed by atoms with van der Waals surface area (Å²) in [4.78, 5) is 3.81. The zero-order chi connectivity index (χ0) is 5.98. The number of hydrogen-bond acceptors (Lipinski definition) is 1. The molecule has 0 N–H and O–H groups in total. The van der Waals surface area contributed by atoms with Crippen LogP contribution < -0.4 is 29.6 Å². The molecule has 0 atom stereocenters. The van der Waals surface area contributed by atoms with Crippen LogP contribution in [-0.2, 0) is 0 Å². The third-order valence-electron chi connectivity index (χ3n) is 0.660. The van der Waals surface area contributed by atoms with Crippen molar-refractivity contribution in [2.45, 2.75) is 0 Å². The van der Waals surface area contributed by atoms with E-state index in [9.17, 15) is 0 Å². The molecule has 1 aromatic heterocycles. The zero-order valence-electron chi connectivity index (χ0n) is 4.86. The van der Waals surface area contributed by atoms with Crippen molar-refractivity contribution in [2.24, 2.45) is 0 Å². The molecular weight excluding hydrogens is 212 g/mol. The molecule has 1 nitrogen and oxygen atoms in total. The minimum absolute atomic E-state index is 0. The first-order valence-electron chi connectivity index (χ1n) is 1.98. The van der Waals surface area contributed by atoms with E-state index in [0.717, 1.165) is 0 Å². The molecule has 0 radical (unpaired) electrons. The molecule has 0 aromatic carbocycles. The van der Waals surface area contributed by atoms with Gasteiger partial charge in [0.1, 0.15) is 0 Å². The molecule has 0 fully saturated rings. The van der Waals surface area contributed by atoms with Crippen LogP contribution in [0.25, 0.3) is 0 Å². The summed E-state index contributed by atoms with van der Waals surface area (Å²) in [7, 11) is 0. The average Bonchev–Trinajstić information content (AvgIpc) is 1.77. The number of pyridine rings is 1. The number of halogens is 2. The van der Waals surface area contributed by atoms with Gasteiger partial charge in [-0.1, -0.05) is 11.2 Å². The minimum atomic E-state index is 0. The molecule has 9 heavy (non-hydrogen) atoms. The standard InChI is InChI=1S/C5H2BrClN.Na/c6-5-4(7)2-1-3-8-5;/h2-3H;/q-1;+1. The van der Waals surface area contributed by atoms with E-state index in [1.165, 1.54) is 0 Å². The molecule has 0 aliphatic heterocycles. The van der Waals surface area contributed by atoms with Crippen molar-refractivity contribution in [3.63, 3.8) is 0 Å². The second-order valence-corrected chi connectivity index (χ2v) is 2.37. The molecule has 0 saturated heterocycles. The van der Waals surface area contributed by atoms with Crippen LogP contribution in [-0.4, -0.2) is 4.98 Å². The van der Waals surface area contributed by atoms with E-state index in [1.807, 2.05) is 0 Å². The Kier molecular flexibility index (Phi) is 5.17. The molecule has 1 aromatic rings. The Hall–Kier alpha value is 0.920. The van der Waals surface area contributed by atoms with Crippen molar-refractivity contribution in [1.29, 1.82) is 0 Å². The summed E-state index contributed by atoms with van der Waals surface area (Å²) in [5, 5.41) is 0.590. The van der Waals surface area contributed by atoms with Crippen molar-refractivity contribution in [3.05, 3.63) is 28.0 Å². The molecular formula is C5H2BrClNNa. The molecule has 0 bridgehead atoms. The predicted octanol–water partition coefficient (Wildman–Crippen LogP) is -0.698. The first kappa shape index (κ1) is 9.92. The van der Waals surface area contributed by atoms with Crippen LogP contribution in [0.4, 0.5) is 0 Å². The first-order chi connectivity index (χ1) is 3.80. The van der Waals surface area contributed by atoms with Crippen LogP contribution in [0.1, 0.15) is 0 Å². The summed E-state index contributed by atoms with van der Waals surface area (Å²) in [6.45, 7) is 0. The Morgan fingerprint density at radius 2 is 2.33 bits per heavy atom. The molecule has 0 saturated carbocycles. The first-order valence-corrected chi connectivity index (χ1v) is 3.15. The Bertz CT molecular complexity index is 173. The number of nitrogens with zero attached hydrogens (tertiary/aromatic N) is 1. The molecule has 1 heterocycles. The predicted molar refractivity (Wildman–Crippen MR) is 35.8 cm³/mol. The Balaban J connectivity index is 0.000000640. The fourth-order valence-electron chi connectivity index (χ4n) is 0.326. The van der Waals surface area contributed by atoms with Gasteiger partial charge in [0.25, 0.3) is 0 Å². The van der Waals surface area contributed by atoms with Gasteiger partial charge in [-0.3, -0.25) is 4.98 Å². The van der Waals surface area contributed by atoms with Gasteiger partial charge in [0.2, 0.25) is 0 Å². The fourth-order valence-corrected chi connectivity index (χ4v) is 0.654. The second kappa shape index (κ2) is 4.69. The van der Waals surface area contributed by atoms with Crippen molar-refractivity contribution >= 4 is 27.5 Å². The van der Waals surface area contributed by atoms with E-state index < -0.39 is 0 Å².